The molecule has 3 aromatic rings. The van der Waals surface area contributed by atoms with Crippen LogP contribution in [0.15, 0.2) is 48.8 Å². The van der Waals surface area contributed by atoms with Crippen LogP contribution in [0.3, 0.4) is 0 Å². The van der Waals surface area contributed by atoms with Crippen LogP contribution in [-0.4, -0.2) is 27.5 Å². The predicted molar refractivity (Wildman–Crippen MR) is 92.0 cm³/mol. The van der Waals surface area contributed by atoms with Crippen LogP contribution in [0.5, 0.6) is 5.75 Å². The molecule has 118 valence electrons. The average Bonchev–Trinajstić information content (AvgIpc) is 2.53. The lowest BCUT2D eigenvalue weighted by Gasteiger charge is -2.09. The fourth-order valence-corrected chi connectivity index (χ4v) is 3.35. The summed E-state index contributed by atoms with van der Waals surface area (Å²) in [5.74, 6) is 0.949. The topological polar surface area (TPSA) is 75.9 Å². The number of nitrogens with zero attached hydrogens (tertiary/aromatic N) is 2. The Morgan fingerprint density at radius 3 is 2.35 bits per heavy atom. The second-order valence-corrected chi connectivity index (χ2v) is 7.71. The summed E-state index contributed by atoms with van der Waals surface area (Å²) in [6, 6.07) is 11.4. The van der Waals surface area contributed by atoms with Crippen LogP contribution in [-0.2, 0) is 15.5 Å². The molecule has 0 bridgehead atoms. The van der Waals surface area contributed by atoms with E-state index in [9.17, 15) is 4.21 Å². The first-order valence-corrected chi connectivity index (χ1v) is 9.20. The maximum absolute atomic E-state index is 11.6. The van der Waals surface area contributed by atoms with Gasteiger partial charge in [0.1, 0.15) is 16.8 Å². The Morgan fingerprint density at radius 1 is 1.04 bits per heavy atom. The van der Waals surface area contributed by atoms with Gasteiger partial charge >= 0.3 is 0 Å². The van der Waals surface area contributed by atoms with E-state index in [1.165, 1.54) is 6.26 Å². The fraction of sp³-hybridized carbons (Fsp3) is 0.176. The van der Waals surface area contributed by atoms with Crippen molar-refractivity contribution in [1.29, 1.82) is 4.78 Å². The number of rotatable bonds is 4. The number of hydrogen-bond donors (Lipinski definition) is 1. The highest BCUT2D eigenvalue weighted by Crippen LogP contribution is 2.30. The third-order valence-electron chi connectivity index (χ3n) is 3.51. The lowest BCUT2D eigenvalue weighted by molar-refractivity contribution is 0.418. The van der Waals surface area contributed by atoms with Crippen molar-refractivity contribution in [3.8, 4) is 16.9 Å². The number of nitrogens with one attached hydrogen (secondary N) is 1. The molecule has 5 nitrogen and oxygen atoms in total. The van der Waals surface area contributed by atoms with E-state index in [0.29, 0.717) is 5.75 Å². The zero-order valence-corrected chi connectivity index (χ0v) is 13.8. The number of pyridine rings is 2. The SMILES string of the molecule is COc1ccnc2c(-c3ccc(CS(C)(=N)=O)cc3)ccnc12. The van der Waals surface area contributed by atoms with E-state index in [-0.39, 0.29) is 5.75 Å². The number of benzene rings is 1. The van der Waals surface area contributed by atoms with Crippen molar-refractivity contribution >= 4 is 20.8 Å². The van der Waals surface area contributed by atoms with Gasteiger partial charge in [0.05, 0.1) is 12.9 Å². The van der Waals surface area contributed by atoms with Gasteiger partial charge in [-0.2, -0.15) is 0 Å². The van der Waals surface area contributed by atoms with Gasteiger partial charge < -0.3 is 4.74 Å². The van der Waals surface area contributed by atoms with Crippen molar-refractivity contribution < 1.29 is 8.95 Å². The number of aromatic nitrogens is 2. The lowest BCUT2D eigenvalue weighted by atomic mass is 10.0. The van der Waals surface area contributed by atoms with Crippen molar-refractivity contribution in [3.05, 3.63) is 54.4 Å². The number of methoxy groups -OCH3 is 1. The van der Waals surface area contributed by atoms with Gasteiger partial charge in [-0.25, -0.2) is 4.21 Å². The third-order valence-corrected chi connectivity index (χ3v) is 4.40. The predicted octanol–water partition coefficient (Wildman–Crippen LogP) is 3.48. The van der Waals surface area contributed by atoms with Gasteiger partial charge in [0, 0.05) is 40.0 Å². The van der Waals surface area contributed by atoms with Crippen molar-refractivity contribution in [3.63, 3.8) is 0 Å². The molecule has 1 atom stereocenters. The van der Waals surface area contributed by atoms with Gasteiger partial charge in [0.15, 0.2) is 0 Å². The first-order chi connectivity index (χ1) is 11.0. The second-order valence-electron chi connectivity index (χ2n) is 5.42. The zero-order valence-electron chi connectivity index (χ0n) is 12.9. The van der Waals surface area contributed by atoms with Crippen LogP contribution in [0, 0.1) is 4.78 Å². The summed E-state index contributed by atoms with van der Waals surface area (Å²) < 4.78 is 24.5. The molecule has 0 radical (unpaired) electrons. The molecule has 0 aliphatic rings. The van der Waals surface area contributed by atoms with E-state index in [4.69, 9.17) is 9.52 Å². The monoisotopic (exact) mass is 327 g/mol. The molecule has 0 saturated carbocycles. The van der Waals surface area contributed by atoms with E-state index in [1.54, 1.807) is 25.6 Å². The fourth-order valence-electron chi connectivity index (χ4n) is 2.52. The minimum atomic E-state index is -2.54. The van der Waals surface area contributed by atoms with Crippen LogP contribution in [0.25, 0.3) is 22.2 Å². The molecule has 2 aromatic heterocycles. The smallest absolute Gasteiger partial charge is 0.148 e. The summed E-state index contributed by atoms with van der Waals surface area (Å²) in [4.78, 5) is 8.78. The first kappa shape index (κ1) is 15.4. The zero-order chi connectivity index (χ0) is 16.4. The second kappa shape index (κ2) is 5.96. The van der Waals surface area contributed by atoms with E-state index in [0.717, 1.165) is 27.7 Å². The van der Waals surface area contributed by atoms with Crippen LogP contribution in [0.4, 0.5) is 0 Å². The summed E-state index contributed by atoms with van der Waals surface area (Å²) in [5.41, 5.74) is 4.34. The van der Waals surface area contributed by atoms with E-state index < -0.39 is 9.73 Å². The summed E-state index contributed by atoms with van der Waals surface area (Å²) in [7, 11) is -0.925. The highest BCUT2D eigenvalue weighted by atomic mass is 32.2. The number of fused-ring (bicyclic) bond motifs is 1. The Hall–Kier alpha value is -2.47. The van der Waals surface area contributed by atoms with E-state index >= 15 is 0 Å². The molecular formula is C17H17N3O2S. The molecule has 0 fully saturated rings. The van der Waals surface area contributed by atoms with E-state index in [2.05, 4.69) is 9.97 Å². The van der Waals surface area contributed by atoms with Crippen LogP contribution < -0.4 is 4.74 Å². The molecule has 1 aromatic carbocycles. The first-order valence-electron chi connectivity index (χ1n) is 7.06. The van der Waals surface area contributed by atoms with Crippen molar-refractivity contribution in [2.24, 2.45) is 0 Å². The normalized spacial score (nSPS) is 13.7. The molecular weight excluding hydrogens is 310 g/mol. The molecule has 23 heavy (non-hydrogen) atoms. The van der Waals surface area contributed by atoms with Gasteiger partial charge in [-0.3, -0.25) is 14.7 Å². The van der Waals surface area contributed by atoms with Crippen LogP contribution in [0.2, 0.25) is 0 Å². The quantitative estimate of drug-likeness (QED) is 0.796. The Bertz CT molecular complexity index is 951. The van der Waals surface area contributed by atoms with Crippen molar-refractivity contribution in [1.82, 2.24) is 9.97 Å². The molecule has 0 aliphatic heterocycles. The Kier molecular flexibility index (Phi) is 4.00. The molecule has 1 unspecified atom stereocenters. The van der Waals surface area contributed by atoms with Gasteiger partial charge in [0.25, 0.3) is 0 Å². The highest BCUT2D eigenvalue weighted by Gasteiger charge is 2.10. The van der Waals surface area contributed by atoms with Gasteiger partial charge in [-0.05, 0) is 17.2 Å². The van der Waals surface area contributed by atoms with E-state index in [1.807, 2.05) is 30.3 Å². The molecule has 0 amide bonds. The molecule has 2 heterocycles. The maximum Gasteiger partial charge on any atom is 0.148 e. The molecule has 3 rings (SSSR count). The number of hydrogen-bond acceptors (Lipinski definition) is 5. The Morgan fingerprint density at radius 2 is 1.70 bits per heavy atom. The molecule has 0 spiro atoms. The van der Waals surface area contributed by atoms with Gasteiger partial charge in [-0.15, -0.1) is 0 Å². The summed E-state index contributed by atoms with van der Waals surface area (Å²) in [6.07, 6.45) is 4.89. The van der Waals surface area contributed by atoms with Gasteiger partial charge in [-0.1, -0.05) is 24.3 Å². The standard InChI is InChI=1S/C17H17N3O2S/c1-22-15-8-10-19-16-14(7-9-20-17(15)16)13-5-3-12(4-6-13)11-23(2,18)21/h3-10,18H,11H2,1-2H3. The third kappa shape index (κ3) is 3.32. The molecule has 6 heteroatoms. The summed E-state index contributed by atoms with van der Waals surface area (Å²) in [6.45, 7) is 0. The van der Waals surface area contributed by atoms with Crippen LogP contribution >= 0.6 is 0 Å². The Balaban J connectivity index is 2.07. The van der Waals surface area contributed by atoms with Gasteiger partial charge in [0.2, 0.25) is 0 Å². The van der Waals surface area contributed by atoms with Crippen molar-refractivity contribution in [2.45, 2.75) is 5.75 Å². The molecule has 1 N–H and O–H groups in total. The molecule has 0 saturated heterocycles. The average molecular weight is 327 g/mol. The lowest BCUT2D eigenvalue weighted by Crippen LogP contribution is -1.98. The highest BCUT2D eigenvalue weighted by molar-refractivity contribution is 7.90. The summed E-state index contributed by atoms with van der Waals surface area (Å²) >= 11 is 0. The maximum atomic E-state index is 11.6. The molecule has 0 aliphatic carbocycles. The largest absolute Gasteiger partial charge is 0.494 e. The number of ether oxygens (including phenoxy) is 1. The Labute approximate surface area is 135 Å². The minimum Gasteiger partial charge on any atom is -0.494 e. The van der Waals surface area contributed by atoms with Crippen molar-refractivity contribution in [2.75, 3.05) is 13.4 Å². The van der Waals surface area contributed by atoms with Crippen LogP contribution in [0.1, 0.15) is 5.56 Å². The summed E-state index contributed by atoms with van der Waals surface area (Å²) in [5, 5.41) is 0. The minimum absolute atomic E-state index is 0.260.